The van der Waals surface area contributed by atoms with Crippen LogP contribution in [0.25, 0.3) is 0 Å². The van der Waals surface area contributed by atoms with Gasteiger partial charge in [-0.15, -0.1) is 0 Å². The summed E-state index contributed by atoms with van der Waals surface area (Å²) in [6.45, 7) is 1.97. The highest BCUT2D eigenvalue weighted by atomic mass is 19.4. The fraction of sp³-hybridized carbons (Fsp3) is 0.188. The summed E-state index contributed by atoms with van der Waals surface area (Å²) in [5.41, 5.74) is 0.973. The molecule has 0 amide bonds. The van der Waals surface area contributed by atoms with Gasteiger partial charge in [-0.2, -0.15) is 18.4 Å². The van der Waals surface area contributed by atoms with E-state index in [0.29, 0.717) is 22.9 Å². The second-order valence-corrected chi connectivity index (χ2v) is 4.83. The number of nitrogens with one attached hydrogen (secondary N) is 1. The Bertz CT molecular complexity index is 730. The minimum Gasteiger partial charge on any atom is -0.380 e. The van der Waals surface area contributed by atoms with E-state index in [2.05, 4.69) is 5.32 Å². The van der Waals surface area contributed by atoms with Crippen molar-refractivity contribution in [2.24, 2.45) is 0 Å². The van der Waals surface area contributed by atoms with Crippen molar-refractivity contribution in [1.82, 2.24) is 0 Å². The summed E-state index contributed by atoms with van der Waals surface area (Å²) in [6.07, 6.45) is -4.71. The molecule has 0 saturated carbocycles. The molecule has 0 aliphatic heterocycles. The Morgan fingerprint density at radius 1 is 1.14 bits per heavy atom. The highest BCUT2D eigenvalue weighted by molar-refractivity contribution is 5.59. The van der Waals surface area contributed by atoms with Crippen LogP contribution in [0.2, 0.25) is 0 Å². The first-order chi connectivity index (χ1) is 10.3. The quantitative estimate of drug-likeness (QED) is 0.839. The lowest BCUT2D eigenvalue weighted by atomic mass is 10.1. The highest BCUT2D eigenvalue weighted by Crippen LogP contribution is 2.31. The third kappa shape index (κ3) is 3.55. The van der Waals surface area contributed by atoms with Gasteiger partial charge in [0.15, 0.2) is 0 Å². The average Bonchev–Trinajstić information content (AvgIpc) is 2.44. The van der Waals surface area contributed by atoms with E-state index in [1.54, 1.807) is 18.2 Å². The molecule has 114 valence electrons. The number of hydrogen-bond donors (Lipinski definition) is 1. The number of aryl methyl sites for hydroxylation is 1. The molecular formula is C16H12F4N2. The lowest BCUT2D eigenvalue weighted by Crippen LogP contribution is -2.09. The number of halogens is 4. The average molecular weight is 308 g/mol. The molecule has 0 aliphatic rings. The molecule has 2 aromatic rings. The maximum absolute atomic E-state index is 13.5. The van der Waals surface area contributed by atoms with Gasteiger partial charge in [0.2, 0.25) is 0 Å². The largest absolute Gasteiger partial charge is 0.419 e. The van der Waals surface area contributed by atoms with Gasteiger partial charge in [0, 0.05) is 6.54 Å². The van der Waals surface area contributed by atoms with E-state index in [1.807, 2.05) is 13.0 Å². The van der Waals surface area contributed by atoms with E-state index < -0.39 is 17.6 Å². The second kappa shape index (κ2) is 6.06. The van der Waals surface area contributed by atoms with Crippen LogP contribution in [0.1, 0.15) is 22.3 Å². The van der Waals surface area contributed by atoms with Crippen LogP contribution in [0.5, 0.6) is 0 Å². The van der Waals surface area contributed by atoms with Crippen molar-refractivity contribution in [3.05, 3.63) is 64.5 Å². The fourth-order valence-electron chi connectivity index (χ4n) is 2.00. The van der Waals surface area contributed by atoms with Gasteiger partial charge in [-0.1, -0.05) is 12.1 Å². The maximum atomic E-state index is 13.5. The predicted molar refractivity (Wildman–Crippen MR) is 74.6 cm³/mol. The molecule has 6 heteroatoms. The zero-order valence-corrected chi connectivity index (χ0v) is 11.6. The Morgan fingerprint density at radius 3 is 2.45 bits per heavy atom. The Hall–Kier alpha value is -2.55. The highest BCUT2D eigenvalue weighted by Gasteiger charge is 2.33. The number of anilines is 1. The van der Waals surface area contributed by atoms with Gasteiger partial charge in [-0.05, 0) is 42.3 Å². The van der Waals surface area contributed by atoms with E-state index in [0.717, 1.165) is 11.6 Å². The van der Waals surface area contributed by atoms with E-state index in [1.165, 1.54) is 6.07 Å². The van der Waals surface area contributed by atoms with E-state index in [9.17, 15) is 17.6 Å². The maximum Gasteiger partial charge on any atom is 0.419 e. The van der Waals surface area contributed by atoms with Crippen LogP contribution < -0.4 is 5.32 Å². The molecule has 0 bridgehead atoms. The first kappa shape index (κ1) is 15.8. The van der Waals surface area contributed by atoms with Crippen LogP contribution in [0.3, 0.4) is 0 Å². The first-order valence-corrected chi connectivity index (χ1v) is 6.41. The third-order valence-electron chi connectivity index (χ3n) is 3.12. The molecule has 1 N–H and O–H groups in total. The van der Waals surface area contributed by atoms with Crippen molar-refractivity contribution >= 4 is 5.69 Å². The zero-order chi connectivity index (χ0) is 16.3. The number of benzene rings is 2. The molecule has 2 nitrogen and oxygen atoms in total. The van der Waals surface area contributed by atoms with Gasteiger partial charge >= 0.3 is 6.18 Å². The summed E-state index contributed by atoms with van der Waals surface area (Å²) in [4.78, 5) is 0. The van der Waals surface area contributed by atoms with Crippen molar-refractivity contribution in [2.45, 2.75) is 19.6 Å². The van der Waals surface area contributed by atoms with E-state index >= 15 is 0 Å². The zero-order valence-electron chi connectivity index (χ0n) is 11.6. The number of nitrogens with zero attached hydrogens (tertiary/aromatic N) is 1. The first-order valence-electron chi connectivity index (χ1n) is 6.41. The number of alkyl halides is 3. The fourth-order valence-corrected chi connectivity index (χ4v) is 2.00. The second-order valence-electron chi connectivity index (χ2n) is 4.83. The Kier molecular flexibility index (Phi) is 4.36. The number of rotatable bonds is 3. The van der Waals surface area contributed by atoms with Crippen LogP contribution in [0, 0.1) is 24.1 Å². The summed E-state index contributed by atoms with van der Waals surface area (Å²) in [7, 11) is 0. The number of hydrogen-bond acceptors (Lipinski definition) is 2. The van der Waals surface area contributed by atoms with Crippen LogP contribution in [-0.2, 0) is 12.7 Å². The van der Waals surface area contributed by atoms with Crippen molar-refractivity contribution in [3.63, 3.8) is 0 Å². The minimum absolute atomic E-state index is 0.118. The van der Waals surface area contributed by atoms with Crippen LogP contribution >= 0.6 is 0 Å². The SMILES string of the molecule is Cc1ccc(C#N)c(NCc2ccc(C(F)(F)F)c(F)c2)c1. The molecule has 0 aliphatic carbocycles. The predicted octanol–water partition coefficient (Wildman–Crippen LogP) is 4.64. The summed E-state index contributed by atoms with van der Waals surface area (Å²) in [6, 6.07) is 9.96. The van der Waals surface area contributed by atoms with Gasteiger partial charge in [0.25, 0.3) is 0 Å². The molecule has 0 atom stereocenters. The molecule has 0 radical (unpaired) electrons. The molecule has 0 heterocycles. The Morgan fingerprint density at radius 2 is 1.86 bits per heavy atom. The molecule has 22 heavy (non-hydrogen) atoms. The molecule has 0 unspecified atom stereocenters. The van der Waals surface area contributed by atoms with Gasteiger partial charge in [0.05, 0.1) is 16.8 Å². The van der Waals surface area contributed by atoms with Gasteiger partial charge in [-0.25, -0.2) is 4.39 Å². The van der Waals surface area contributed by atoms with Crippen molar-refractivity contribution in [1.29, 1.82) is 5.26 Å². The lowest BCUT2D eigenvalue weighted by molar-refractivity contribution is -0.140. The Labute approximate surface area is 125 Å². The molecular weight excluding hydrogens is 296 g/mol. The van der Waals surface area contributed by atoms with Crippen molar-refractivity contribution in [3.8, 4) is 6.07 Å². The monoisotopic (exact) mass is 308 g/mol. The third-order valence-corrected chi connectivity index (χ3v) is 3.12. The standard InChI is InChI=1S/C16H12F4N2/c1-10-2-4-12(8-21)15(6-10)22-9-11-3-5-13(14(17)7-11)16(18,19)20/h2-7,22H,9H2,1H3. The van der Waals surface area contributed by atoms with Crippen LogP contribution in [0.15, 0.2) is 36.4 Å². The minimum atomic E-state index is -4.71. The number of nitriles is 1. The van der Waals surface area contributed by atoms with Crippen LogP contribution in [-0.4, -0.2) is 0 Å². The topological polar surface area (TPSA) is 35.8 Å². The van der Waals surface area contributed by atoms with Crippen LogP contribution in [0.4, 0.5) is 23.2 Å². The smallest absolute Gasteiger partial charge is 0.380 e. The van der Waals surface area contributed by atoms with Crippen molar-refractivity contribution in [2.75, 3.05) is 5.32 Å². The molecule has 0 fully saturated rings. The molecule has 2 rings (SSSR count). The van der Waals surface area contributed by atoms with Gasteiger partial charge < -0.3 is 5.32 Å². The molecule has 0 saturated heterocycles. The molecule has 0 spiro atoms. The summed E-state index contributed by atoms with van der Waals surface area (Å²) in [5.74, 6) is -1.31. The van der Waals surface area contributed by atoms with Gasteiger partial charge in [0.1, 0.15) is 11.9 Å². The normalized spacial score (nSPS) is 11.1. The summed E-state index contributed by atoms with van der Waals surface area (Å²) < 4.78 is 50.9. The van der Waals surface area contributed by atoms with E-state index in [4.69, 9.17) is 5.26 Å². The lowest BCUT2D eigenvalue weighted by Gasteiger charge is -2.12. The summed E-state index contributed by atoms with van der Waals surface area (Å²) in [5, 5.41) is 11.9. The molecule has 0 aromatic heterocycles. The van der Waals surface area contributed by atoms with E-state index in [-0.39, 0.29) is 6.54 Å². The Balaban J connectivity index is 2.18. The van der Waals surface area contributed by atoms with Gasteiger partial charge in [-0.3, -0.25) is 0 Å². The molecule has 2 aromatic carbocycles. The summed E-state index contributed by atoms with van der Waals surface area (Å²) >= 11 is 0. The van der Waals surface area contributed by atoms with Crippen molar-refractivity contribution < 1.29 is 17.6 Å².